The third-order valence-electron chi connectivity index (χ3n) is 2.64. The number of benzene rings is 2. The predicted octanol–water partition coefficient (Wildman–Crippen LogP) is 3.03. The Hall–Kier alpha value is -2.03. The monoisotopic (exact) mass is 230 g/mol. The Morgan fingerprint density at radius 2 is 2.06 bits per heavy atom. The Kier molecular flexibility index (Phi) is 3.00. The van der Waals surface area contributed by atoms with Crippen molar-refractivity contribution in [1.29, 1.82) is 0 Å². The lowest BCUT2D eigenvalue weighted by Gasteiger charge is -2.07. The van der Waals surface area contributed by atoms with Gasteiger partial charge >= 0.3 is 5.97 Å². The van der Waals surface area contributed by atoms with Gasteiger partial charge in [-0.05, 0) is 25.3 Å². The van der Waals surface area contributed by atoms with E-state index in [1.54, 1.807) is 13.0 Å². The molecule has 2 aromatic rings. The van der Waals surface area contributed by atoms with Crippen LogP contribution in [0, 0.1) is 6.92 Å². The zero-order chi connectivity index (χ0) is 12.4. The van der Waals surface area contributed by atoms with Gasteiger partial charge in [0.25, 0.3) is 0 Å². The van der Waals surface area contributed by atoms with E-state index in [1.165, 1.54) is 0 Å². The first-order valence-electron chi connectivity index (χ1n) is 5.53. The third-order valence-corrected chi connectivity index (χ3v) is 2.64. The molecule has 0 heterocycles. The minimum atomic E-state index is -0.493. The third kappa shape index (κ3) is 2.09. The van der Waals surface area contributed by atoms with Gasteiger partial charge in [0.2, 0.25) is 0 Å². The molecule has 2 rings (SSSR count). The van der Waals surface area contributed by atoms with Gasteiger partial charge in [-0.15, -0.1) is 0 Å². The van der Waals surface area contributed by atoms with Crippen molar-refractivity contribution in [2.75, 3.05) is 6.61 Å². The van der Waals surface area contributed by atoms with Crippen LogP contribution >= 0.6 is 0 Å². The summed E-state index contributed by atoms with van der Waals surface area (Å²) in [5.41, 5.74) is 1.32. The van der Waals surface area contributed by atoms with Crippen molar-refractivity contribution in [3.05, 3.63) is 41.5 Å². The molecule has 0 aliphatic heterocycles. The molecule has 3 heteroatoms. The molecular formula is C14H14O3. The molecule has 0 radical (unpaired) electrons. The van der Waals surface area contributed by atoms with E-state index in [1.807, 2.05) is 31.2 Å². The Balaban J connectivity index is 2.58. The van der Waals surface area contributed by atoms with Gasteiger partial charge in [0, 0.05) is 5.39 Å². The highest BCUT2D eigenvalue weighted by Crippen LogP contribution is 2.29. The van der Waals surface area contributed by atoms with Gasteiger partial charge in [0.15, 0.2) is 0 Å². The van der Waals surface area contributed by atoms with Crippen LogP contribution in [0.5, 0.6) is 5.75 Å². The zero-order valence-corrected chi connectivity index (χ0v) is 9.86. The molecule has 0 spiro atoms. The van der Waals surface area contributed by atoms with Crippen molar-refractivity contribution in [2.24, 2.45) is 0 Å². The van der Waals surface area contributed by atoms with Crippen molar-refractivity contribution in [1.82, 2.24) is 0 Å². The second kappa shape index (κ2) is 4.45. The first kappa shape index (κ1) is 11.5. The zero-order valence-electron chi connectivity index (χ0n) is 9.86. The molecule has 0 aliphatic rings. The number of rotatable bonds is 2. The lowest BCUT2D eigenvalue weighted by molar-refractivity contribution is 0.0523. The van der Waals surface area contributed by atoms with Crippen molar-refractivity contribution in [3.63, 3.8) is 0 Å². The largest absolute Gasteiger partial charge is 0.506 e. The van der Waals surface area contributed by atoms with Gasteiger partial charge in [-0.3, -0.25) is 0 Å². The lowest BCUT2D eigenvalue weighted by Crippen LogP contribution is -2.04. The lowest BCUT2D eigenvalue weighted by atomic mass is 10.0. The van der Waals surface area contributed by atoms with Crippen LogP contribution in [0.15, 0.2) is 30.3 Å². The Bertz CT molecular complexity index is 573. The number of hydrogen-bond donors (Lipinski definition) is 1. The second-order valence-electron chi connectivity index (χ2n) is 3.91. The number of fused-ring (bicyclic) bond motifs is 1. The molecule has 2 aromatic carbocycles. The molecule has 0 saturated heterocycles. The molecule has 0 amide bonds. The van der Waals surface area contributed by atoms with Gasteiger partial charge in [-0.1, -0.05) is 29.8 Å². The van der Waals surface area contributed by atoms with E-state index >= 15 is 0 Å². The molecule has 0 aliphatic carbocycles. The van der Waals surface area contributed by atoms with E-state index in [0.717, 1.165) is 10.9 Å². The smallest absolute Gasteiger partial charge is 0.341 e. The highest BCUT2D eigenvalue weighted by Gasteiger charge is 2.14. The van der Waals surface area contributed by atoms with Crippen LogP contribution in [0.3, 0.4) is 0 Å². The Morgan fingerprint density at radius 1 is 1.29 bits per heavy atom. The number of aromatic hydroxyl groups is 1. The molecule has 0 saturated carbocycles. The number of esters is 1. The van der Waals surface area contributed by atoms with Crippen LogP contribution in [0.2, 0.25) is 0 Å². The van der Waals surface area contributed by atoms with Gasteiger partial charge in [-0.25, -0.2) is 4.79 Å². The number of carbonyl (C=O) groups excluding carboxylic acids is 1. The van der Waals surface area contributed by atoms with E-state index in [2.05, 4.69) is 0 Å². The molecule has 17 heavy (non-hydrogen) atoms. The highest BCUT2D eigenvalue weighted by molar-refractivity contribution is 6.01. The number of carbonyl (C=O) groups is 1. The van der Waals surface area contributed by atoms with E-state index < -0.39 is 5.97 Å². The average molecular weight is 230 g/mol. The maximum Gasteiger partial charge on any atom is 0.341 e. The summed E-state index contributed by atoms with van der Waals surface area (Å²) in [4.78, 5) is 11.6. The van der Waals surface area contributed by atoms with Gasteiger partial charge in [0.05, 0.1) is 6.61 Å². The van der Waals surface area contributed by atoms with Crippen LogP contribution in [0.25, 0.3) is 10.8 Å². The number of hydrogen-bond acceptors (Lipinski definition) is 3. The minimum absolute atomic E-state index is 0.0130. The number of aryl methyl sites for hydroxylation is 1. The number of phenolic OH excluding ortho intramolecular Hbond substituents is 1. The molecule has 88 valence electrons. The standard InChI is InChI=1S/C14H14O3/c1-3-17-14(16)12-7-5-10-8-9(2)4-6-11(10)13(12)15/h4-8,15H,3H2,1-2H3. The Morgan fingerprint density at radius 3 is 2.76 bits per heavy atom. The average Bonchev–Trinajstić information content (AvgIpc) is 2.29. The maximum absolute atomic E-state index is 11.6. The van der Waals surface area contributed by atoms with Crippen LogP contribution in [0.1, 0.15) is 22.8 Å². The number of phenols is 1. The van der Waals surface area contributed by atoms with E-state index in [0.29, 0.717) is 12.0 Å². The van der Waals surface area contributed by atoms with E-state index in [9.17, 15) is 9.90 Å². The van der Waals surface area contributed by atoms with Crippen LogP contribution in [-0.4, -0.2) is 17.7 Å². The van der Waals surface area contributed by atoms with Crippen LogP contribution in [0.4, 0.5) is 0 Å². The summed E-state index contributed by atoms with van der Waals surface area (Å²) in [6.45, 7) is 4.01. The van der Waals surface area contributed by atoms with Crippen LogP contribution < -0.4 is 0 Å². The molecule has 3 nitrogen and oxygen atoms in total. The topological polar surface area (TPSA) is 46.5 Å². The van der Waals surface area contributed by atoms with Crippen molar-refractivity contribution in [2.45, 2.75) is 13.8 Å². The molecule has 0 aromatic heterocycles. The summed E-state index contributed by atoms with van der Waals surface area (Å²) >= 11 is 0. The van der Waals surface area contributed by atoms with Gasteiger partial charge < -0.3 is 9.84 Å². The normalized spacial score (nSPS) is 10.5. The molecule has 0 fully saturated rings. The summed E-state index contributed by atoms with van der Waals surface area (Å²) < 4.78 is 4.88. The van der Waals surface area contributed by atoms with E-state index in [-0.39, 0.29) is 11.3 Å². The summed E-state index contributed by atoms with van der Waals surface area (Å²) in [5, 5.41) is 11.6. The fourth-order valence-corrected chi connectivity index (χ4v) is 1.81. The fraction of sp³-hybridized carbons (Fsp3) is 0.214. The molecule has 0 atom stereocenters. The first-order chi connectivity index (χ1) is 8.13. The van der Waals surface area contributed by atoms with Crippen LogP contribution in [-0.2, 0) is 4.74 Å². The molecule has 0 bridgehead atoms. The number of ether oxygens (including phenoxy) is 1. The van der Waals surface area contributed by atoms with Gasteiger partial charge in [-0.2, -0.15) is 0 Å². The fourth-order valence-electron chi connectivity index (χ4n) is 1.81. The summed E-state index contributed by atoms with van der Waals surface area (Å²) in [7, 11) is 0. The SMILES string of the molecule is CCOC(=O)c1ccc2cc(C)ccc2c1O. The molecule has 1 N–H and O–H groups in total. The summed E-state index contributed by atoms with van der Waals surface area (Å²) in [6.07, 6.45) is 0. The molecule has 0 unspecified atom stereocenters. The van der Waals surface area contributed by atoms with Crippen molar-refractivity contribution in [3.8, 4) is 5.75 Å². The first-order valence-corrected chi connectivity index (χ1v) is 5.53. The predicted molar refractivity (Wildman–Crippen MR) is 66.3 cm³/mol. The van der Waals surface area contributed by atoms with Crippen molar-refractivity contribution >= 4 is 16.7 Å². The van der Waals surface area contributed by atoms with Crippen molar-refractivity contribution < 1.29 is 14.6 Å². The van der Waals surface area contributed by atoms with Gasteiger partial charge in [0.1, 0.15) is 11.3 Å². The molecular weight excluding hydrogens is 216 g/mol. The quantitative estimate of drug-likeness (QED) is 0.806. The summed E-state index contributed by atoms with van der Waals surface area (Å²) in [5.74, 6) is -0.506. The maximum atomic E-state index is 11.6. The summed E-state index contributed by atoms with van der Waals surface area (Å²) in [6, 6.07) is 9.08. The highest BCUT2D eigenvalue weighted by atomic mass is 16.5. The Labute approximate surface area is 99.6 Å². The van der Waals surface area contributed by atoms with E-state index in [4.69, 9.17) is 4.74 Å². The minimum Gasteiger partial charge on any atom is -0.506 e. The second-order valence-corrected chi connectivity index (χ2v) is 3.91.